The maximum atomic E-state index is 13.7. The highest BCUT2D eigenvalue weighted by atomic mass is 19.1. The average Bonchev–Trinajstić information content (AvgIpc) is 2.32. The molecule has 0 radical (unpaired) electrons. The molecule has 0 fully saturated rings. The molecule has 2 nitrogen and oxygen atoms in total. The number of ether oxygens (including phenoxy) is 1. The molecule has 2 aromatic rings. The lowest BCUT2D eigenvalue weighted by Gasteiger charge is -2.12. The third-order valence-corrected chi connectivity index (χ3v) is 2.88. The van der Waals surface area contributed by atoms with E-state index in [1.165, 1.54) is 19.1 Å². The molecule has 2 rings (SSSR count). The molecule has 0 spiro atoms. The van der Waals surface area contributed by atoms with Crippen LogP contribution >= 0.6 is 0 Å². The second kappa shape index (κ2) is 5.22. The van der Waals surface area contributed by atoms with Crippen LogP contribution in [0, 0.1) is 19.7 Å². The van der Waals surface area contributed by atoms with Gasteiger partial charge >= 0.3 is 0 Å². The summed E-state index contributed by atoms with van der Waals surface area (Å²) in [4.78, 5) is 11.5. The Kier molecular flexibility index (Phi) is 3.65. The standard InChI is InChI=1S/C16H15FO2/c1-10-7-8-14(11(2)9-10)19-15-6-4-5-13(17)16(15)12(3)18/h4-9H,1-3H3. The van der Waals surface area contributed by atoms with E-state index in [-0.39, 0.29) is 17.1 Å². The lowest BCUT2D eigenvalue weighted by atomic mass is 10.1. The third-order valence-electron chi connectivity index (χ3n) is 2.88. The number of benzene rings is 2. The van der Waals surface area contributed by atoms with Crippen molar-refractivity contribution in [3.05, 3.63) is 58.9 Å². The Hall–Kier alpha value is -2.16. The summed E-state index contributed by atoms with van der Waals surface area (Å²) < 4.78 is 19.3. The van der Waals surface area contributed by atoms with Gasteiger partial charge in [-0.3, -0.25) is 4.79 Å². The maximum absolute atomic E-state index is 13.7. The number of rotatable bonds is 3. The van der Waals surface area contributed by atoms with Gasteiger partial charge in [0.1, 0.15) is 17.3 Å². The number of halogens is 1. The molecule has 0 atom stereocenters. The van der Waals surface area contributed by atoms with Crippen molar-refractivity contribution in [3.63, 3.8) is 0 Å². The molecule has 2 aromatic carbocycles. The van der Waals surface area contributed by atoms with Crippen LogP contribution in [0.1, 0.15) is 28.4 Å². The lowest BCUT2D eigenvalue weighted by molar-refractivity contribution is 0.101. The number of ketones is 1. The van der Waals surface area contributed by atoms with Crippen molar-refractivity contribution in [2.24, 2.45) is 0 Å². The monoisotopic (exact) mass is 258 g/mol. The molecule has 0 aromatic heterocycles. The molecule has 0 bridgehead atoms. The summed E-state index contributed by atoms with van der Waals surface area (Å²) >= 11 is 0. The topological polar surface area (TPSA) is 26.3 Å². The van der Waals surface area contributed by atoms with Gasteiger partial charge in [-0.15, -0.1) is 0 Å². The van der Waals surface area contributed by atoms with Crippen molar-refractivity contribution >= 4 is 5.78 Å². The Labute approximate surface area is 111 Å². The summed E-state index contributed by atoms with van der Waals surface area (Å²) in [6.45, 7) is 5.22. The lowest BCUT2D eigenvalue weighted by Crippen LogP contribution is -2.01. The van der Waals surface area contributed by atoms with E-state index in [0.717, 1.165) is 11.1 Å². The molecule has 0 aliphatic carbocycles. The predicted molar refractivity (Wildman–Crippen MR) is 72.4 cm³/mol. The Morgan fingerprint density at radius 1 is 1.11 bits per heavy atom. The fraction of sp³-hybridized carbons (Fsp3) is 0.188. The summed E-state index contributed by atoms with van der Waals surface area (Å²) in [5.41, 5.74) is 2.05. The van der Waals surface area contributed by atoms with E-state index < -0.39 is 5.82 Å². The van der Waals surface area contributed by atoms with Gasteiger partial charge in [-0.25, -0.2) is 4.39 Å². The van der Waals surface area contributed by atoms with Crippen LogP contribution < -0.4 is 4.74 Å². The molecule has 3 heteroatoms. The Morgan fingerprint density at radius 2 is 1.84 bits per heavy atom. The van der Waals surface area contributed by atoms with Gasteiger partial charge in [-0.1, -0.05) is 23.8 Å². The van der Waals surface area contributed by atoms with Gasteiger partial charge in [-0.2, -0.15) is 0 Å². The first-order valence-electron chi connectivity index (χ1n) is 6.03. The van der Waals surface area contributed by atoms with Crippen LogP contribution in [-0.2, 0) is 0 Å². The highest BCUT2D eigenvalue weighted by Crippen LogP contribution is 2.30. The summed E-state index contributed by atoms with van der Waals surface area (Å²) in [5.74, 6) is -0.0363. The summed E-state index contributed by atoms with van der Waals surface area (Å²) in [6.07, 6.45) is 0. The van der Waals surface area contributed by atoms with Crippen molar-refractivity contribution in [3.8, 4) is 11.5 Å². The van der Waals surface area contributed by atoms with E-state index in [1.54, 1.807) is 6.07 Å². The van der Waals surface area contributed by atoms with Crippen LogP contribution in [-0.4, -0.2) is 5.78 Å². The van der Waals surface area contributed by atoms with Crippen LogP contribution in [0.25, 0.3) is 0 Å². The van der Waals surface area contributed by atoms with Crippen LogP contribution in [0.2, 0.25) is 0 Å². The van der Waals surface area contributed by atoms with E-state index in [4.69, 9.17) is 4.74 Å². The molecular weight excluding hydrogens is 243 g/mol. The fourth-order valence-corrected chi connectivity index (χ4v) is 1.96. The third kappa shape index (κ3) is 2.81. The number of aryl methyl sites for hydroxylation is 2. The van der Waals surface area contributed by atoms with Crippen molar-refractivity contribution in [2.75, 3.05) is 0 Å². The van der Waals surface area contributed by atoms with Gasteiger partial charge in [-0.05, 0) is 44.5 Å². The van der Waals surface area contributed by atoms with E-state index in [9.17, 15) is 9.18 Å². The van der Waals surface area contributed by atoms with Crippen LogP contribution in [0.4, 0.5) is 4.39 Å². The Morgan fingerprint density at radius 3 is 2.47 bits per heavy atom. The normalized spacial score (nSPS) is 10.3. The highest BCUT2D eigenvalue weighted by molar-refractivity contribution is 5.97. The maximum Gasteiger partial charge on any atom is 0.166 e. The van der Waals surface area contributed by atoms with Crippen LogP contribution in [0.5, 0.6) is 11.5 Å². The minimum atomic E-state index is -0.560. The molecule has 0 heterocycles. The van der Waals surface area contributed by atoms with Crippen LogP contribution in [0.15, 0.2) is 36.4 Å². The second-order valence-corrected chi connectivity index (χ2v) is 4.54. The molecule has 98 valence electrons. The van der Waals surface area contributed by atoms with Crippen LogP contribution in [0.3, 0.4) is 0 Å². The molecule has 0 N–H and O–H groups in total. The molecule has 19 heavy (non-hydrogen) atoms. The predicted octanol–water partition coefficient (Wildman–Crippen LogP) is 4.44. The smallest absolute Gasteiger partial charge is 0.166 e. The number of hydrogen-bond donors (Lipinski definition) is 0. The minimum Gasteiger partial charge on any atom is -0.456 e. The number of carbonyl (C=O) groups is 1. The molecule has 0 amide bonds. The first kappa shape index (κ1) is 13.3. The number of Topliss-reactive ketones (excluding diaryl/α,β-unsaturated/α-hetero) is 1. The van der Waals surface area contributed by atoms with Gasteiger partial charge in [0, 0.05) is 0 Å². The van der Waals surface area contributed by atoms with Gasteiger partial charge in [0.05, 0.1) is 5.56 Å². The average molecular weight is 258 g/mol. The molecule has 0 saturated carbocycles. The fourth-order valence-electron chi connectivity index (χ4n) is 1.96. The van der Waals surface area contributed by atoms with E-state index in [2.05, 4.69) is 0 Å². The minimum absolute atomic E-state index is 0.0116. The first-order valence-corrected chi connectivity index (χ1v) is 6.03. The zero-order chi connectivity index (χ0) is 14.0. The van der Waals surface area contributed by atoms with Gasteiger partial charge < -0.3 is 4.74 Å². The summed E-state index contributed by atoms with van der Waals surface area (Å²) in [7, 11) is 0. The molecular formula is C16H15FO2. The van der Waals surface area contributed by atoms with E-state index in [0.29, 0.717) is 5.75 Å². The Bertz CT molecular complexity index is 633. The van der Waals surface area contributed by atoms with Gasteiger partial charge in [0.2, 0.25) is 0 Å². The van der Waals surface area contributed by atoms with Gasteiger partial charge in [0.15, 0.2) is 5.78 Å². The first-order chi connectivity index (χ1) is 8.99. The molecule has 0 aliphatic rings. The SMILES string of the molecule is CC(=O)c1c(F)cccc1Oc1ccc(C)cc1C. The zero-order valence-corrected chi connectivity index (χ0v) is 11.2. The Balaban J connectivity index is 2.44. The largest absolute Gasteiger partial charge is 0.456 e. The summed E-state index contributed by atoms with van der Waals surface area (Å²) in [6, 6.07) is 10.1. The quantitative estimate of drug-likeness (QED) is 0.761. The summed E-state index contributed by atoms with van der Waals surface area (Å²) in [5, 5.41) is 0. The molecule has 0 saturated heterocycles. The number of carbonyl (C=O) groups excluding carboxylic acids is 1. The van der Waals surface area contributed by atoms with Crippen molar-refractivity contribution in [1.82, 2.24) is 0 Å². The number of hydrogen-bond acceptors (Lipinski definition) is 2. The van der Waals surface area contributed by atoms with Gasteiger partial charge in [0.25, 0.3) is 0 Å². The molecule has 0 aliphatic heterocycles. The second-order valence-electron chi connectivity index (χ2n) is 4.54. The zero-order valence-electron chi connectivity index (χ0n) is 11.2. The van der Waals surface area contributed by atoms with Crippen molar-refractivity contribution in [1.29, 1.82) is 0 Å². The van der Waals surface area contributed by atoms with Crippen molar-refractivity contribution < 1.29 is 13.9 Å². The van der Waals surface area contributed by atoms with E-state index >= 15 is 0 Å². The molecule has 0 unspecified atom stereocenters. The van der Waals surface area contributed by atoms with E-state index in [1.807, 2.05) is 32.0 Å². The van der Waals surface area contributed by atoms with Crippen molar-refractivity contribution in [2.45, 2.75) is 20.8 Å². The highest BCUT2D eigenvalue weighted by Gasteiger charge is 2.15.